The fourth-order valence-corrected chi connectivity index (χ4v) is 3.11. The molecule has 2 rings (SSSR count). The molecule has 0 atom stereocenters. The van der Waals surface area contributed by atoms with Gasteiger partial charge in [0.2, 0.25) is 5.91 Å². The number of hydrogen-bond donors (Lipinski definition) is 0. The molecule has 0 heterocycles. The van der Waals surface area contributed by atoms with Crippen LogP contribution in [0.5, 0.6) is 0 Å². The van der Waals surface area contributed by atoms with E-state index < -0.39 is 5.60 Å². The quantitative estimate of drug-likeness (QED) is 0.618. The van der Waals surface area contributed by atoms with Gasteiger partial charge in [-0.05, 0) is 38.3 Å². The van der Waals surface area contributed by atoms with Crippen molar-refractivity contribution in [3.63, 3.8) is 0 Å². The van der Waals surface area contributed by atoms with Crippen LogP contribution in [-0.2, 0) is 14.3 Å². The molecule has 0 saturated heterocycles. The van der Waals surface area contributed by atoms with Crippen LogP contribution in [-0.4, -0.2) is 36.0 Å². The third-order valence-electron chi connectivity index (χ3n) is 4.50. The van der Waals surface area contributed by atoms with Gasteiger partial charge < -0.3 is 9.64 Å². The topological polar surface area (TPSA) is 46.6 Å². The highest BCUT2D eigenvalue weighted by Crippen LogP contribution is 2.28. The molecule has 0 aromatic heterocycles. The van der Waals surface area contributed by atoms with Gasteiger partial charge in [-0.2, -0.15) is 0 Å². The van der Waals surface area contributed by atoms with E-state index in [-0.39, 0.29) is 17.8 Å². The van der Waals surface area contributed by atoms with Gasteiger partial charge in [0, 0.05) is 32.4 Å². The van der Waals surface area contributed by atoms with Gasteiger partial charge in [0.25, 0.3) is 0 Å². The first-order chi connectivity index (χ1) is 13.3. The molecule has 0 bridgehead atoms. The molecule has 0 spiro atoms. The van der Waals surface area contributed by atoms with Crippen LogP contribution >= 0.6 is 0 Å². The summed E-state index contributed by atoms with van der Waals surface area (Å²) in [6, 6.07) is 20.2. The van der Waals surface area contributed by atoms with Crippen LogP contribution in [0.1, 0.15) is 57.1 Å². The van der Waals surface area contributed by atoms with Crippen molar-refractivity contribution in [1.29, 1.82) is 0 Å². The molecule has 2 aromatic carbocycles. The van der Waals surface area contributed by atoms with Crippen LogP contribution in [0.3, 0.4) is 0 Å². The standard InChI is InChI=1S/C24H31NO3/c1-24(2,3)28-23(27)16-11-17-25(4)22(26)18-21(19-12-7-5-8-13-19)20-14-9-6-10-15-20/h5-10,12-15,21H,11,16-18H2,1-4H3. The lowest BCUT2D eigenvalue weighted by molar-refractivity contribution is -0.155. The number of nitrogens with zero attached hydrogens (tertiary/aromatic N) is 1. The fourth-order valence-electron chi connectivity index (χ4n) is 3.11. The molecule has 4 heteroatoms. The largest absolute Gasteiger partial charge is 0.460 e. The summed E-state index contributed by atoms with van der Waals surface area (Å²) in [7, 11) is 1.80. The van der Waals surface area contributed by atoms with Crippen LogP contribution in [0.2, 0.25) is 0 Å². The van der Waals surface area contributed by atoms with E-state index in [1.54, 1.807) is 11.9 Å². The molecule has 28 heavy (non-hydrogen) atoms. The van der Waals surface area contributed by atoms with E-state index in [4.69, 9.17) is 4.74 Å². The van der Waals surface area contributed by atoms with Gasteiger partial charge in [-0.3, -0.25) is 9.59 Å². The van der Waals surface area contributed by atoms with Gasteiger partial charge in [0.05, 0.1) is 0 Å². The second-order valence-corrected chi connectivity index (χ2v) is 8.08. The molecular formula is C24H31NO3. The number of carbonyl (C=O) groups excluding carboxylic acids is 2. The van der Waals surface area contributed by atoms with Gasteiger partial charge >= 0.3 is 5.97 Å². The van der Waals surface area contributed by atoms with Crippen molar-refractivity contribution in [3.8, 4) is 0 Å². The first-order valence-corrected chi connectivity index (χ1v) is 9.82. The second kappa shape index (κ2) is 10.1. The highest BCUT2D eigenvalue weighted by atomic mass is 16.6. The number of hydrogen-bond acceptors (Lipinski definition) is 3. The molecule has 0 aliphatic carbocycles. The molecular weight excluding hydrogens is 350 g/mol. The Morgan fingerprint density at radius 1 is 0.929 bits per heavy atom. The average molecular weight is 382 g/mol. The Morgan fingerprint density at radius 3 is 1.89 bits per heavy atom. The Morgan fingerprint density at radius 2 is 1.43 bits per heavy atom. The summed E-state index contributed by atoms with van der Waals surface area (Å²) in [5.41, 5.74) is 1.78. The summed E-state index contributed by atoms with van der Waals surface area (Å²) in [5, 5.41) is 0. The lowest BCUT2D eigenvalue weighted by Crippen LogP contribution is -2.30. The molecule has 1 amide bonds. The van der Waals surface area contributed by atoms with E-state index in [1.165, 1.54) is 0 Å². The maximum absolute atomic E-state index is 12.8. The highest BCUT2D eigenvalue weighted by molar-refractivity contribution is 5.77. The molecule has 0 aliphatic heterocycles. The van der Waals surface area contributed by atoms with Crippen molar-refractivity contribution in [2.75, 3.05) is 13.6 Å². The Balaban J connectivity index is 1.95. The average Bonchev–Trinajstić information content (AvgIpc) is 2.65. The molecule has 2 aromatic rings. The minimum absolute atomic E-state index is 0.0169. The predicted molar refractivity (Wildman–Crippen MR) is 112 cm³/mol. The van der Waals surface area contributed by atoms with Gasteiger partial charge in [-0.15, -0.1) is 0 Å². The summed E-state index contributed by atoms with van der Waals surface area (Å²) in [4.78, 5) is 26.4. The Hall–Kier alpha value is -2.62. The number of ether oxygens (including phenoxy) is 1. The van der Waals surface area contributed by atoms with Crippen LogP contribution in [0.4, 0.5) is 0 Å². The van der Waals surface area contributed by atoms with Crippen LogP contribution < -0.4 is 0 Å². The summed E-state index contributed by atoms with van der Waals surface area (Å²) in [6.07, 6.45) is 1.31. The van der Waals surface area contributed by atoms with Crippen LogP contribution in [0.15, 0.2) is 60.7 Å². The third kappa shape index (κ3) is 7.18. The zero-order valence-electron chi connectivity index (χ0n) is 17.4. The minimum Gasteiger partial charge on any atom is -0.460 e. The van der Waals surface area contributed by atoms with Crippen molar-refractivity contribution >= 4 is 11.9 Å². The Kier molecular flexibility index (Phi) is 7.80. The Labute approximate surface area is 168 Å². The van der Waals surface area contributed by atoms with Crippen molar-refractivity contribution in [2.24, 2.45) is 0 Å². The molecule has 0 fully saturated rings. The molecule has 0 saturated carbocycles. The maximum Gasteiger partial charge on any atom is 0.306 e. The molecule has 0 aliphatic rings. The zero-order valence-corrected chi connectivity index (χ0v) is 17.4. The van der Waals surface area contributed by atoms with Gasteiger partial charge in [-0.25, -0.2) is 0 Å². The van der Waals surface area contributed by atoms with Gasteiger partial charge in [-0.1, -0.05) is 60.7 Å². The van der Waals surface area contributed by atoms with E-state index in [0.29, 0.717) is 25.8 Å². The van der Waals surface area contributed by atoms with Crippen LogP contribution in [0, 0.1) is 0 Å². The summed E-state index contributed by atoms with van der Waals surface area (Å²) >= 11 is 0. The van der Waals surface area contributed by atoms with Crippen molar-refractivity contribution in [1.82, 2.24) is 4.90 Å². The smallest absolute Gasteiger partial charge is 0.306 e. The summed E-state index contributed by atoms with van der Waals surface area (Å²) in [5.74, 6) is -0.134. The summed E-state index contributed by atoms with van der Waals surface area (Å²) in [6.45, 7) is 6.10. The number of amides is 1. The summed E-state index contributed by atoms with van der Waals surface area (Å²) < 4.78 is 5.32. The molecule has 0 unspecified atom stereocenters. The lowest BCUT2D eigenvalue weighted by atomic mass is 9.88. The fraction of sp³-hybridized carbons (Fsp3) is 0.417. The first-order valence-electron chi connectivity index (χ1n) is 9.82. The Bertz CT molecular complexity index is 711. The van der Waals surface area contributed by atoms with Gasteiger partial charge in [0.15, 0.2) is 0 Å². The second-order valence-electron chi connectivity index (χ2n) is 8.08. The molecule has 0 radical (unpaired) electrons. The normalized spacial score (nSPS) is 11.3. The van der Waals surface area contributed by atoms with Crippen molar-refractivity contribution < 1.29 is 14.3 Å². The number of carbonyl (C=O) groups is 2. The maximum atomic E-state index is 12.8. The minimum atomic E-state index is -0.475. The van der Waals surface area contributed by atoms with E-state index in [2.05, 4.69) is 24.3 Å². The first kappa shape index (κ1) is 21.7. The third-order valence-corrected chi connectivity index (χ3v) is 4.50. The zero-order chi connectivity index (χ0) is 20.6. The molecule has 0 N–H and O–H groups in total. The molecule has 150 valence electrons. The van der Waals surface area contributed by atoms with E-state index in [9.17, 15) is 9.59 Å². The number of esters is 1. The van der Waals surface area contributed by atoms with Crippen molar-refractivity contribution in [2.45, 2.75) is 51.6 Å². The predicted octanol–water partition coefficient (Wildman–Crippen LogP) is 4.79. The van der Waals surface area contributed by atoms with E-state index in [0.717, 1.165) is 11.1 Å². The van der Waals surface area contributed by atoms with Gasteiger partial charge in [0.1, 0.15) is 5.60 Å². The SMILES string of the molecule is CN(CCCC(=O)OC(C)(C)C)C(=O)CC(c1ccccc1)c1ccccc1. The number of rotatable bonds is 8. The van der Waals surface area contributed by atoms with Crippen LogP contribution in [0.25, 0.3) is 0 Å². The van der Waals surface area contributed by atoms with E-state index in [1.807, 2.05) is 57.2 Å². The highest BCUT2D eigenvalue weighted by Gasteiger charge is 2.21. The van der Waals surface area contributed by atoms with Crippen molar-refractivity contribution in [3.05, 3.63) is 71.8 Å². The monoisotopic (exact) mass is 381 g/mol. The number of benzene rings is 2. The lowest BCUT2D eigenvalue weighted by Gasteiger charge is -2.23. The molecule has 4 nitrogen and oxygen atoms in total. The van der Waals surface area contributed by atoms with E-state index >= 15 is 0 Å².